The molecule has 28 heavy (non-hydrogen) atoms. The minimum Gasteiger partial charge on any atom is -0.296 e. The zero-order valence-electron chi connectivity index (χ0n) is 15.5. The fourth-order valence-corrected chi connectivity index (χ4v) is 6.79. The number of benzene rings is 2. The summed E-state index contributed by atoms with van der Waals surface area (Å²) in [6.07, 6.45) is 1.20. The van der Waals surface area contributed by atoms with Gasteiger partial charge < -0.3 is 0 Å². The lowest BCUT2D eigenvalue weighted by Gasteiger charge is -2.43. The Morgan fingerprint density at radius 1 is 1.07 bits per heavy atom. The monoisotopic (exact) mass is 436 g/mol. The lowest BCUT2D eigenvalue weighted by molar-refractivity contribution is -0.116. The summed E-state index contributed by atoms with van der Waals surface area (Å²) in [7, 11) is -3.57. The highest BCUT2D eigenvalue weighted by atomic mass is 35.5. The van der Waals surface area contributed by atoms with E-state index in [2.05, 4.69) is 0 Å². The first-order valence-electron chi connectivity index (χ1n) is 9.11. The van der Waals surface area contributed by atoms with Crippen LogP contribution in [0.5, 0.6) is 0 Å². The van der Waals surface area contributed by atoms with Crippen LogP contribution in [0.4, 0.5) is 5.69 Å². The third-order valence-corrected chi connectivity index (χ3v) is 9.02. The van der Waals surface area contributed by atoms with Gasteiger partial charge in [-0.3, -0.25) is 9.69 Å². The van der Waals surface area contributed by atoms with E-state index in [1.165, 1.54) is 16.4 Å². The summed E-state index contributed by atoms with van der Waals surface area (Å²) in [6, 6.07) is 14.2. The average Bonchev–Trinajstić information content (AvgIpc) is 2.98. The van der Waals surface area contributed by atoms with Crippen molar-refractivity contribution in [2.45, 2.75) is 29.5 Å². The predicted molar refractivity (Wildman–Crippen MR) is 113 cm³/mol. The lowest BCUT2D eigenvalue weighted by Crippen LogP contribution is -2.53. The smallest absolute Gasteiger partial charge is 0.243 e. The zero-order valence-corrected chi connectivity index (χ0v) is 17.9. The van der Waals surface area contributed by atoms with Gasteiger partial charge >= 0.3 is 0 Å². The number of anilines is 1. The molecule has 4 rings (SSSR count). The molecule has 0 saturated carbocycles. The molecule has 0 N–H and O–H groups in total. The molecule has 2 aliphatic rings. The van der Waals surface area contributed by atoms with Crippen molar-refractivity contribution in [1.29, 1.82) is 0 Å². The maximum absolute atomic E-state index is 13.0. The molecule has 2 heterocycles. The molecule has 0 atom stereocenters. The van der Waals surface area contributed by atoms with Crippen molar-refractivity contribution < 1.29 is 13.2 Å². The Labute approximate surface area is 174 Å². The van der Waals surface area contributed by atoms with E-state index in [4.69, 9.17) is 11.6 Å². The van der Waals surface area contributed by atoms with Gasteiger partial charge in [-0.2, -0.15) is 4.31 Å². The Balaban J connectivity index is 1.57. The van der Waals surface area contributed by atoms with Gasteiger partial charge in [0.2, 0.25) is 15.9 Å². The van der Waals surface area contributed by atoms with E-state index in [1.54, 1.807) is 23.9 Å². The van der Waals surface area contributed by atoms with E-state index < -0.39 is 10.0 Å². The number of piperidine rings is 1. The van der Waals surface area contributed by atoms with Crippen molar-refractivity contribution in [2.24, 2.45) is 0 Å². The van der Waals surface area contributed by atoms with E-state index in [9.17, 15) is 13.2 Å². The molecule has 2 saturated heterocycles. The largest absolute Gasteiger partial charge is 0.296 e. The highest BCUT2D eigenvalue weighted by Gasteiger charge is 2.50. The molecule has 8 heteroatoms. The Hall–Kier alpha value is -1.54. The number of thioether (sulfide) groups is 1. The van der Waals surface area contributed by atoms with E-state index in [1.807, 2.05) is 36.1 Å². The summed E-state index contributed by atoms with van der Waals surface area (Å²) in [5.41, 5.74) is 1.99. The third kappa shape index (κ3) is 3.45. The number of aryl methyl sites for hydroxylation is 1. The van der Waals surface area contributed by atoms with Crippen LogP contribution in [-0.2, 0) is 14.8 Å². The Bertz CT molecular complexity index is 1000. The summed E-state index contributed by atoms with van der Waals surface area (Å²) < 4.78 is 27.4. The molecule has 0 bridgehead atoms. The van der Waals surface area contributed by atoms with Crippen LogP contribution in [-0.4, -0.2) is 42.3 Å². The number of hydrogen-bond acceptors (Lipinski definition) is 4. The third-order valence-electron chi connectivity index (χ3n) is 5.34. The molecule has 1 amide bonds. The number of hydrogen-bond donors (Lipinski definition) is 0. The van der Waals surface area contributed by atoms with E-state index >= 15 is 0 Å². The minimum atomic E-state index is -3.57. The standard InChI is InChI=1S/C20H21ClN2O3S2/c1-15-3-2-4-17(13-15)23-19(24)14-27-20(23)9-11-22(12-10-20)28(25,26)18-7-5-16(21)6-8-18/h2-8,13H,9-12,14H2,1H3. The number of carbonyl (C=O) groups is 1. The first kappa shape index (κ1) is 19.8. The fourth-order valence-electron chi connectivity index (χ4n) is 3.90. The van der Waals surface area contributed by atoms with Gasteiger partial charge in [-0.05, 0) is 61.7 Å². The van der Waals surface area contributed by atoms with Crippen LogP contribution in [0.3, 0.4) is 0 Å². The quantitative estimate of drug-likeness (QED) is 0.731. The summed E-state index contributed by atoms with van der Waals surface area (Å²) in [6.45, 7) is 2.77. The van der Waals surface area contributed by atoms with Crippen molar-refractivity contribution in [1.82, 2.24) is 4.31 Å². The van der Waals surface area contributed by atoms with E-state index in [-0.39, 0.29) is 15.7 Å². The lowest BCUT2D eigenvalue weighted by atomic mass is 10.0. The van der Waals surface area contributed by atoms with Crippen molar-refractivity contribution in [3.05, 3.63) is 59.1 Å². The molecular formula is C20H21ClN2O3S2. The van der Waals surface area contributed by atoms with Gasteiger partial charge in [0.05, 0.1) is 15.5 Å². The van der Waals surface area contributed by atoms with Crippen LogP contribution in [0.1, 0.15) is 18.4 Å². The SMILES string of the molecule is Cc1cccc(N2C(=O)CSC23CCN(S(=O)(=O)c2ccc(Cl)cc2)CC3)c1. The molecule has 0 unspecified atom stereocenters. The number of amides is 1. The number of sulfonamides is 1. The van der Waals surface area contributed by atoms with Crippen LogP contribution >= 0.6 is 23.4 Å². The number of rotatable bonds is 3. The summed E-state index contributed by atoms with van der Waals surface area (Å²) in [5.74, 6) is 0.516. The predicted octanol–water partition coefficient (Wildman–Crippen LogP) is 3.91. The summed E-state index contributed by atoms with van der Waals surface area (Å²) in [5, 5.41) is 0.506. The van der Waals surface area contributed by atoms with Gasteiger partial charge in [0.1, 0.15) is 0 Å². The van der Waals surface area contributed by atoms with Crippen LogP contribution in [0.2, 0.25) is 5.02 Å². The van der Waals surface area contributed by atoms with E-state index in [0.717, 1.165) is 11.3 Å². The molecule has 0 aromatic heterocycles. The van der Waals surface area contributed by atoms with Gasteiger partial charge in [0.25, 0.3) is 0 Å². The molecule has 0 aliphatic carbocycles. The molecule has 2 fully saturated rings. The fraction of sp³-hybridized carbons (Fsp3) is 0.350. The molecule has 1 spiro atoms. The van der Waals surface area contributed by atoms with Gasteiger partial charge in [-0.1, -0.05) is 23.7 Å². The number of carbonyl (C=O) groups excluding carboxylic acids is 1. The Morgan fingerprint density at radius 2 is 1.75 bits per heavy atom. The van der Waals surface area contributed by atoms with Crippen LogP contribution in [0, 0.1) is 6.92 Å². The molecule has 5 nitrogen and oxygen atoms in total. The first-order chi connectivity index (χ1) is 13.3. The number of nitrogens with zero attached hydrogens (tertiary/aromatic N) is 2. The second kappa shape index (κ2) is 7.37. The van der Waals surface area contributed by atoms with Crippen LogP contribution in [0.15, 0.2) is 53.4 Å². The maximum Gasteiger partial charge on any atom is 0.243 e. The van der Waals surface area contributed by atoms with Crippen molar-refractivity contribution in [3.8, 4) is 0 Å². The van der Waals surface area contributed by atoms with Crippen molar-refractivity contribution in [3.63, 3.8) is 0 Å². The maximum atomic E-state index is 13.0. The Morgan fingerprint density at radius 3 is 2.39 bits per heavy atom. The van der Waals surface area contributed by atoms with Gasteiger partial charge in [0, 0.05) is 23.8 Å². The van der Waals surface area contributed by atoms with Gasteiger partial charge in [-0.15, -0.1) is 11.8 Å². The second-order valence-corrected chi connectivity index (χ2v) is 10.9. The average molecular weight is 437 g/mol. The highest BCUT2D eigenvalue weighted by Crippen LogP contribution is 2.47. The summed E-state index contributed by atoms with van der Waals surface area (Å²) >= 11 is 7.51. The minimum absolute atomic E-state index is 0.0876. The van der Waals surface area contributed by atoms with Crippen LogP contribution < -0.4 is 4.90 Å². The highest BCUT2D eigenvalue weighted by molar-refractivity contribution is 8.02. The topological polar surface area (TPSA) is 57.7 Å². The van der Waals surface area contributed by atoms with Crippen molar-refractivity contribution >= 4 is 45.0 Å². The zero-order chi connectivity index (χ0) is 19.9. The molecule has 2 aromatic rings. The van der Waals surface area contributed by atoms with Gasteiger partial charge in [-0.25, -0.2) is 8.42 Å². The second-order valence-electron chi connectivity index (χ2n) is 7.16. The molecular weight excluding hydrogens is 416 g/mol. The molecule has 2 aliphatic heterocycles. The van der Waals surface area contributed by atoms with Gasteiger partial charge in [0.15, 0.2) is 0 Å². The molecule has 148 valence electrons. The normalized spacial score (nSPS) is 20.1. The Kier molecular flexibility index (Phi) is 5.20. The molecule has 2 aromatic carbocycles. The van der Waals surface area contributed by atoms with Crippen molar-refractivity contribution in [2.75, 3.05) is 23.7 Å². The first-order valence-corrected chi connectivity index (χ1v) is 11.9. The number of halogens is 1. The van der Waals surface area contributed by atoms with Crippen LogP contribution in [0.25, 0.3) is 0 Å². The molecule has 0 radical (unpaired) electrons. The summed E-state index contributed by atoms with van der Waals surface area (Å²) in [4.78, 5) is 14.4. The van der Waals surface area contributed by atoms with E-state index in [0.29, 0.717) is 36.7 Å².